The first-order valence-electron chi connectivity index (χ1n) is 9.84. The number of pyridine rings is 2. The van der Waals surface area contributed by atoms with E-state index in [0.717, 1.165) is 55.8 Å². The summed E-state index contributed by atoms with van der Waals surface area (Å²) in [4.78, 5) is 27.2. The van der Waals surface area contributed by atoms with Gasteiger partial charge in [-0.15, -0.1) is 0 Å². The van der Waals surface area contributed by atoms with E-state index in [4.69, 9.17) is 0 Å². The van der Waals surface area contributed by atoms with Crippen LogP contribution >= 0.6 is 0 Å². The van der Waals surface area contributed by atoms with E-state index in [0.29, 0.717) is 5.92 Å². The maximum absolute atomic E-state index is 12.6. The molecule has 4 rings (SSSR count). The Balaban J connectivity index is 1.34. The highest BCUT2D eigenvalue weighted by atomic mass is 16.2. The number of amides is 1. The fourth-order valence-corrected chi connectivity index (χ4v) is 3.89. The maximum atomic E-state index is 12.6. The molecule has 0 unspecified atom stereocenters. The number of aromatic nitrogens is 4. The number of rotatable bonds is 5. The number of carbonyl (C=O) groups is 1. The fraction of sp³-hybridized carbons (Fsp3) is 0.364. The van der Waals surface area contributed by atoms with Crippen LogP contribution in [-0.2, 0) is 6.54 Å². The Morgan fingerprint density at radius 2 is 1.68 bits per heavy atom. The van der Waals surface area contributed by atoms with Crippen LogP contribution in [0.2, 0.25) is 0 Å². The molecule has 0 N–H and O–H groups in total. The molecule has 0 spiro atoms. The summed E-state index contributed by atoms with van der Waals surface area (Å²) in [7, 11) is 0. The molecule has 4 heterocycles. The van der Waals surface area contributed by atoms with Crippen LogP contribution in [0.4, 0.5) is 0 Å². The number of likely N-dealkylation sites (tertiary alicyclic amines) is 1. The minimum atomic E-state index is 0.117. The highest BCUT2D eigenvalue weighted by Gasteiger charge is 2.24. The summed E-state index contributed by atoms with van der Waals surface area (Å²) in [5.74, 6) is 1.75. The van der Waals surface area contributed by atoms with Gasteiger partial charge in [0.05, 0.1) is 0 Å². The zero-order chi connectivity index (χ0) is 19.3. The van der Waals surface area contributed by atoms with Crippen LogP contribution in [0.3, 0.4) is 0 Å². The number of hydrogen-bond donors (Lipinski definition) is 0. The molecule has 0 bridgehead atoms. The molecule has 1 aliphatic heterocycles. The topological polar surface area (TPSA) is 63.9 Å². The van der Waals surface area contributed by atoms with Crippen molar-refractivity contribution in [1.82, 2.24) is 24.4 Å². The first-order valence-corrected chi connectivity index (χ1v) is 9.84. The zero-order valence-electron chi connectivity index (χ0n) is 16.2. The molecule has 0 atom stereocenters. The Labute approximate surface area is 165 Å². The second kappa shape index (κ2) is 8.33. The summed E-state index contributed by atoms with van der Waals surface area (Å²) in [5, 5.41) is 0. The van der Waals surface area contributed by atoms with Gasteiger partial charge < -0.3 is 9.47 Å². The Morgan fingerprint density at radius 1 is 1.04 bits per heavy atom. The van der Waals surface area contributed by atoms with Crippen LogP contribution in [0, 0.1) is 12.8 Å². The SMILES string of the molecule is Cc1cnc(-c2ccncc2)n1CCC1CCN(C(=O)c2ccncc2)CC1. The lowest BCUT2D eigenvalue weighted by molar-refractivity contribution is 0.0685. The Hall–Kier alpha value is -3.02. The molecular weight excluding hydrogens is 350 g/mol. The quantitative estimate of drug-likeness (QED) is 0.684. The van der Waals surface area contributed by atoms with Gasteiger partial charge in [0, 0.05) is 67.4 Å². The molecule has 6 nitrogen and oxygen atoms in total. The molecule has 0 aromatic carbocycles. The van der Waals surface area contributed by atoms with Crippen LogP contribution in [0.5, 0.6) is 0 Å². The summed E-state index contributed by atoms with van der Waals surface area (Å²) < 4.78 is 2.30. The van der Waals surface area contributed by atoms with Crippen molar-refractivity contribution in [3.63, 3.8) is 0 Å². The third-order valence-electron chi connectivity index (χ3n) is 5.58. The van der Waals surface area contributed by atoms with E-state index in [1.807, 2.05) is 23.2 Å². The summed E-state index contributed by atoms with van der Waals surface area (Å²) in [5.41, 5.74) is 3.00. The van der Waals surface area contributed by atoms with Crippen molar-refractivity contribution < 1.29 is 4.79 Å². The number of hydrogen-bond acceptors (Lipinski definition) is 4. The molecule has 1 fully saturated rings. The first kappa shape index (κ1) is 18.3. The number of aryl methyl sites for hydroxylation is 1. The van der Waals surface area contributed by atoms with E-state index in [2.05, 4.69) is 26.4 Å². The minimum Gasteiger partial charge on any atom is -0.339 e. The summed E-state index contributed by atoms with van der Waals surface area (Å²) >= 11 is 0. The van der Waals surface area contributed by atoms with Gasteiger partial charge in [-0.25, -0.2) is 4.98 Å². The maximum Gasteiger partial charge on any atom is 0.253 e. The standard InChI is InChI=1S/C22H25N5O/c1-17-16-25-21(19-2-9-23-10-3-19)27(17)15-8-18-6-13-26(14-7-18)22(28)20-4-11-24-12-5-20/h2-5,9-12,16,18H,6-8,13-15H2,1H3. The third-order valence-corrected chi connectivity index (χ3v) is 5.58. The molecule has 0 saturated carbocycles. The first-order chi connectivity index (χ1) is 13.7. The lowest BCUT2D eigenvalue weighted by atomic mass is 9.93. The van der Waals surface area contributed by atoms with Crippen molar-refractivity contribution in [1.29, 1.82) is 0 Å². The van der Waals surface area contributed by atoms with Crippen LogP contribution in [0.25, 0.3) is 11.4 Å². The Bertz CT molecular complexity index is 915. The molecular formula is C22H25N5O. The molecule has 1 amide bonds. The zero-order valence-corrected chi connectivity index (χ0v) is 16.2. The number of imidazole rings is 1. The van der Waals surface area contributed by atoms with Crippen molar-refractivity contribution in [2.45, 2.75) is 32.7 Å². The van der Waals surface area contributed by atoms with Crippen LogP contribution in [0.15, 0.2) is 55.2 Å². The molecule has 3 aromatic heterocycles. The molecule has 6 heteroatoms. The normalized spacial score (nSPS) is 15.0. The predicted octanol–water partition coefficient (Wildman–Crippen LogP) is 3.59. The van der Waals surface area contributed by atoms with E-state index in [9.17, 15) is 4.79 Å². The summed E-state index contributed by atoms with van der Waals surface area (Å²) in [6.45, 7) is 4.71. The summed E-state index contributed by atoms with van der Waals surface area (Å²) in [6.07, 6.45) is 12.1. The average molecular weight is 375 g/mol. The summed E-state index contributed by atoms with van der Waals surface area (Å²) in [6, 6.07) is 7.58. The molecule has 28 heavy (non-hydrogen) atoms. The number of piperidine rings is 1. The smallest absolute Gasteiger partial charge is 0.253 e. The van der Waals surface area contributed by atoms with Crippen molar-refractivity contribution in [3.05, 3.63) is 66.5 Å². The molecule has 3 aromatic rings. The molecule has 144 valence electrons. The highest BCUT2D eigenvalue weighted by Crippen LogP contribution is 2.25. The minimum absolute atomic E-state index is 0.117. The monoisotopic (exact) mass is 375 g/mol. The van der Waals surface area contributed by atoms with Gasteiger partial charge in [0.15, 0.2) is 0 Å². The fourth-order valence-electron chi connectivity index (χ4n) is 3.89. The van der Waals surface area contributed by atoms with Crippen molar-refractivity contribution in [2.75, 3.05) is 13.1 Å². The molecule has 1 aliphatic rings. The lowest BCUT2D eigenvalue weighted by Crippen LogP contribution is -2.38. The second-order valence-electron chi connectivity index (χ2n) is 7.37. The predicted molar refractivity (Wildman–Crippen MR) is 108 cm³/mol. The van der Waals surface area contributed by atoms with Gasteiger partial charge in [-0.05, 0) is 56.4 Å². The Morgan fingerprint density at radius 3 is 2.36 bits per heavy atom. The molecule has 1 saturated heterocycles. The van der Waals surface area contributed by atoms with Gasteiger partial charge in [-0.3, -0.25) is 14.8 Å². The molecule has 0 radical (unpaired) electrons. The van der Waals surface area contributed by atoms with Gasteiger partial charge >= 0.3 is 0 Å². The highest BCUT2D eigenvalue weighted by molar-refractivity contribution is 5.94. The average Bonchev–Trinajstić information content (AvgIpc) is 3.13. The van der Waals surface area contributed by atoms with E-state index in [-0.39, 0.29) is 5.91 Å². The molecule has 0 aliphatic carbocycles. The van der Waals surface area contributed by atoms with Crippen molar-refractivity contribution in [3.8, 4) is 11.4 Å². The van der Waals surface area contributed by atoms with E-state index >= 15 is 0 Å². The van der Waals surface area contributed by atoms with Gasteiger partial charge in [0.25, 0.3) is 5.91 Å². The third kappa shape index (κ3) is 3.96. The van der Waals surface area contributed by atoms with Gasteiger partial charge in [0.1, 0.15) is 5.82 Å². The van der Waals surface area contributed by atoms with E-state index in [1.165, 1.54) is 5.69 Å². The van der Waals surface area contributed by atoms with Gasteiger partial charge in [-0.2, -0.15) is 0 Å². The van der Waals surface area contributed by atoms with Gasteiger partial charge in [0.2, 0.25) is 0 Å². The van der Waals surface area contributed by atoms with Gasteiger partial charge in [-0.1, -0.05) is 0 Å². The number of nitrogens with zero attached hydrogens (tertiary/aromatic N) is 5. The van der Waals surface area contributed by atoms with E-state index in [1.54, 1.807) is 36.9 Å². The van der Waals surface area contributed by atoms with Crippen molar-refractivity contribution >= 4 is 5.91 Å². The lowest BCUT2D eigenvalue weighted by Gasteiger charge is -2.32. The number of carbonyl (C=O) groups excluding carboxylic acids is 1. The second-order valence-corrected chi connectivity index (χ2v) is 7.37. The van der Waals surface area contributed by atoms with Crippen LogP contribution < -0.4 is 0 Å². The largest absolute Gasteiger partial charge is 0.339 e. The van der Waals surface area contributed by atoms with Crippen LogP contribution in [-0.4, -0.2) is 43.4 Å². The van der Waals surface area contributed by atoms with Crippen molar-refractivity contribution in [2.24, 2.45) is 5.92 Å². The van der Waals surface area contributed by atoms with E-state index < -0.39 is 0 Å². The van der Waals surface area contributed by atoms with Crippen LogP contribution in [0.1, 0.15) is 35.3 Å². The Kier molecular flexibility index (Phi) is 5.46.